The molecule has 1 rings (SSSR count). The monoisotopic (exact) mass is 222 g/mol. The van der Waals surface area contributed by atoms with E-state index in [2.05, 4.69) is 5.32 Å². The number of phenols is 1. The van der Waals surface area contributed by atoms with Gasteiger partial charge in [0, 0.05) is 18.0 Å². The molecule has 0 saturated heterocycles. The van der Waals surface area contributed by atoms with Gasteiger partial charge in [0.15, 0.2) is 0 Å². The van der Waals surface area contributed by atoms with Crippen molar-refractivity contribution in [2.75, 3.05) is 6.54 Å². The molecule has 88 valence electrons. The maximum atomic E-state index is 10.5. The number of primary amides is 1. The smallest absolute Gasteiger partial charge is 0.217 e. The first-order chi connectivity index (χ1) is 7.61. The van der Waals surface area contributed by atoms with Crippen LogP contribution in [-0.2, 0) is 4.79 Å². The number of nitrogens with two attached hydrogens (primary N) is 1. The molecule has 0 fully saturated rings. The number of nitrogens with one attached hydrogen (secondary N) is 1. The Bertz CT molecular complexity index is 353. The number of hydrogen-bond donors (Lipinski definition) is 3. The van der Waals surface area contributed by atoms with E-state index in [0.29, 0.717) is 19.4 Å². The molecule has 0 spiro atoms. The minimum atomic E-state index is -0.281. The SMILES string of the molecule is CC(NCCCC(N)=O)c1ccccc1O. The zero-order valence-corrected chi connectivity index (χ0v) is 9.44. The molecule has 0 aliphatic carbocycles. The molecule has 16 heavy (non-hydrogen) atoms. The van der Waals surface area contributed by atoms with Crippen LogP contribution in [0.15, 0.2) is 24.3 Å². The van der Waals surface area contributed by atoms with E-state index in [1.54, 1.807) is 12.1 Å². The van der Waals surface area contributed by atoms with Crippen molar-refractivity contribution >= 4 is 5.91 Å². The van der Waals surface area contributed by atoms with Gasteiger partial charge in [0.2, 0.25) is 5.91 Å². The van der Waals surface area contributed by atoms with Crippen LogP contribution >= 0.6 is 0 Å². The predicted octanol–water partition coefficient (Wildman–Crippen LogP) is 1.31. The zero-order valence-electron chi connectivity index (χ0n) is 9.44. The van der Waals surface area contributed by atoms with Crippen LogP contribution in [0.1, 0.15) is 31.4 Å². The van der Waals surface area contributed by atoms with Crippen molar-refractivity contribution in [3.63, 3.8) is 0 Å². The Morgan fingerprint density at radius 2 is 2.19 bits per heavy atom. The second-order valence-electron chi connectivity index (χ2n) is 3.80. The van der Waals surface area contributed by atoms with Gasteiger partial charge in [-0.3, -0.25) is 4.79 Å². The van der Waals surface area contributed by atoms with Gasteiger partial charge in [-0.2, -0.15) is 0 Å². The minimum Gasteiger partial charge on any atom is -0.508 e. The maximum absolute atomic E-state index is 10.5. The standard InChI is InChI=1S/C12H18N2O2/c1-9(14-8-4-7-12(13)16)10-5-2-3-6-11(10)15/h2-3,5-6,9,14-15H,4,7-8H2,1H3,(H2,13,16). The number of carbonyl (C=O) groups is 1. The Labute approximate surface area is 95.5 Å². The predicted molar refractivity (Wildman–Crippen MR) is 63.0 cm³/mol. The van der Waals surface area contributed by atoms with E-state index >= 15 is 0 Å². The Morgan fingerprint density at radius 1 is 1.50 bits per heavy atom. The summed E-state index contributed by atoms with van der Waals surface area (Å²) in [6, 6.07) is 7.28. The average Bonchev–Trinajstić information content (AvgIpc) is 2.24. The summed E-state index contributed by atoms with van der Waals surface area (Å²) in [4.78, 5) is 10.5. The van der Waals surface area contributed by atoms with Gasteiger partial charge in [-0.25, -0.2) is 0 Å². The molecular formula is C12H18N2O2. The molecule has 0 aliphatic heterocycles. The van der Waals surface area contributed by atoms with Gasteiger partial charge in [0.25, 0.3) is 0 Å². The molecule has 0 aromatic heterocycles. The van der Waals surface area contributed by atoms with E-state index in [9.17, 15) is 9.90 Å². The second-order valence-corrected chi connectivity index (χ2v) is 3.80. The lowest BCUT2D eigenvalue weighted by Gasteiger charge is -2.15. The summed E-state index contributed by atoms with van der Waals surface area (Å²) in [6.07, 6.45) is 1.10. The maximum Gasteiger partial charge on any atom is 0.217 e. The highest BCUT2D eigenvalue weighted by atomic mass is 16.3. The van der Waals surface area contributed by atoms with Crippen LogP contribution in [0.5, 0.6) is 5.75 Å². The number of carbonyl (C=O) groups excluding carboxylic acids is 1. The molecule has 0 bridgehead atoms. The van der Waals surface area contributed by atoms with Crippen molar-refractivity contribution < 1.29 is 9.90 Å². The molecule has 1 aromatic carbocycles. The quantitative estimate of drug-likeness (QED) is 0.635. The Kier molecular flexibility index (Phi) is 4.79. The fourth-order valence-electron chi connectivity index (χ4n) is 1.54. The molecule has 0 aliphatic rings. The summed E-state index contributed by atoms with van der Waals surface area (Å²) < 4.78 is 0. The van der Waals surface area contributed by atoms with Gasteiger partial charge in [0.05, 0.1) is 0 Å². The second kappa shape index (κ2) is 6.12. The van der Waals surface area contributed by atoms with Crippen LogP contribution in [0, 0.1) is 0 Å². The van der Waals surface area contributed by atoms with Crippen LogP contribution in [-0.4, -0.2) is 17.6 Å². The summed E-state index contributed by atoms with van der Waals surface area (Å²) in [5.41, 5.74) is 5.90. The van der Waals surface area contributed by atoms with E-state index in [-0.39, 0.29) is 17.7 Å². The topological polar surface area (TPSA) is 75.3 Å². The van der Waals surface area contributed by atoms with Gasteiger partial charge in [-0.15, -0.1) is 0 Å². The lowest BCUT2D eigenvalue weighted by molar-refractivity contribution is -0.118. The zero-order chi connectivity index (χ0) is 12.0. The first-order valence-electron chi connectivity index (χ1n) is 5.41. The highest BCUT2D eigenvalue weighted by Gasteiger charge is 2.08. The van der Waals surface area contributed by atoms with Crippen molar-refractivity contribution in [3.05, 3.63) is 29.8 Å². The number of hydrogen-bond acceptors (Lipinski definition) is 3. The average molecular weight is 222 g/mol. The molecular weight excluding hydrogens is 204 g/mol. The van der Waals surface area contributed by atoms with Gasteiger partial charge in [-0.1, -0.05) is 18.2 Å². The van der Waals surface area contributed by atoms with Crippen molar-refractivity contribution in [2.24, 2.45) is 5.73 Å². The van der Waals surface area contributed by atoms with Gasteiger partial charge < -0.3 is 16.2 Å². The third-order valence-electron chi connectivity index (χ3n) is 2.45. The Balaban J connectivity index is 2.38. The van der Waals surface area contributed by atoms with Crippen molar-refractivity contribution in [2.45, 2.75) is 25.8 Å². The molecule has 4 N–H and O–H groups in total. The Hall–Kier alpha value is -1.55. The molecule has 0 radical (unpaired) electrons. The molecule has 4 heteroatoms. The largest absolute Gasteiger partial charge is 0.508 e. The van der Waals surface area contributed by atoms with Crippen molar-refractivity contribution in [3.8, 4) is 5.75 Å². The Morgan fingerprint density at radius 3 is 2.81 bits per heavy atom. The molecule has 0 heterocycles. The van der Waals surface area contributed by atoms with Crippen LogP contribution in [0.25, 0.3) is 0 Å². The van der Waals surface area contributed by atoms with Gasteiger partial charge in [-0.05, 0) is 26.0 Å². The summed E-state index contributed by atoms with van der Waals surface area (Å²) in [7, 11) is 0. The summed E-state index contributed by atoms with van der Waals surface area (Å²) >= 11 is 0. The van der Waals surface area contributed by atoms with Crippen LogP contribution in [0.2, 0.25) is 0 Å². The van der Waals surface area contributed by atoms with E-state index < -0.39 is 0 Å². The first kappa shape index (κ1) is 12.5. The highest BCUT2D eigenvalue weighted by Crippen LogP contribution is 2.22. The van der Waals surface area contributed by atoms with E-state index in [1.165, 1.54) is 0 Å². The minimum absolute atomic E-state index is 0.0640. The number of benzene rings is 1. The first-order valence-corrected chi connectivity index (χ1v) is 5.41. The van der Waals surface area contributed by atoms with Crippen LogP contribution in [0.3, 0.4) is 0 Å². The number of aromatic hydroxyl groups is 1. The molecule has 1 atom stereocenters. The van der Waals surface area contributed by atoms with Gasteiger partial charge in [0.1, 0.15) is 5.75 Å². The third-order valence-corrected chi connectivity index (χ3v) is 2.45. The van der Waals surface area contributed by atoms with E-state index in [1.807, 2.05) is 19.1 Å². The number of para-hydroxylation sites is 1. The normalized spacial score (nSPS) is 12.3. The van der Waals surface area contributed by atoms with Crippen LogP contribution in [0.4, 0.5) is 0 Å². The molecule has 1 aromatic rings. The highest BCUT2D eigenvalue weighted by molar-refractivity contribution is 5.73. The van der Waals surface area contributed by atoms with Crippen LogP contribution < -0.4 is 11.1 Å². The van der Waals surface area contributed by atoms with E-state index in [4.69, 9.17) is 5.73 Å². The van der Waals surface area contributed by atoms with Crippen molar-refractivity contribution in [1.29, 1.82) is 0 Å². The summed E-state index contributed by atoms with van der Waals surface area (Å²) in [6.45, 7) is 2.68. The third kappa shape index (κ3) is 3.90. The number of amides is 1. The number of phenolic OH excluding ortho intramolecular Hbond substituents is 1. The lowest BCUT2D eigenvalue weighted by atomic mass is 10.1. The molecule has 4 nitrogen and oxygen atoms in total. The van der Waals surface area contributed by atoms with E-state index in [0.717, 1.165) is 5.56 Å². The molecule has 0 saturated carbocycles. The molecule has 1 unspecified atom stereocenters. The van der Waals surface area contributed by atoms with Crippen molar-refractivity contribution in [1.82, 2.24) is 5.32 Å². The number of rotatable bonds is 6. The summed E-state index contributed by atoms with van der Waals surface area (Å²) in [5.74, 6) is 0.00872. The fraction of sp³-hybridized carbons (Fsp3) is 0.417. The van der Waals surface area contributed by atoms with Gasteiger partial charge >= 0.3 is 0 Å². The molecule has 1 amide bonds. The fourth-order valence-corrected chi connectivity index (χ4v) is 1.54. The summed E-state index contributed by atoms with van der Waals surface area (Å²) in [5, 5.41) is 12.8. The lowest BCUT2D eigenvalue weighted by Crippen LogP contribution is -2.21.